The van der Waals surface area contributed by atoms with Crippen LogP contribution in [0.3, 0.4) is 0 Å². The number of para-hydroxylation sites is 1. The third-order valence-electron chi connectivity index (χ3n) is 6.32. The number of halogens is 1. The van der Waals surface area contributed by atoms with Crippen LogP contribution in [0.4, 0.5) is 5.82 Å². The number of fused-ring (bicyclic) bond motifs is 1. The van der Waals surface area contributed by atoms with Crippen LogP contribution in [0.2, 0.25) is 5.02 Å². The number of nitrogens with zero attached hydrogens (tertiary/aromatic N) is 3. The van der Waals surface area contributed by atoms with Crippen molar-refractivity contribution in [2.75, 3.05) is 25.0 Å². The van der Waals surface area contributed by atoms with Crippen LogP contribution in [-0.4, -0.2) is 46.1 Å². The summed E-state index contributed by atoms with van der Waals surface area (Å²) in [6.07, 6.45) is 2.16. The predicted molar refractivity (Wildman–Crippen MR) is 130 cm³/mol. The molecule has 0 aliphatic carbocycles. The molecule has 1 atom stereocenters. The molecule has 2 amide bonds. The van der Waals surface area contributed by atoms with Crippen molar-refractivity contribution >= 4 is 29.2 Å². The van der Waals surface area contributed by atoms with Crippen molar-refractivity contribution in [3.8, 4) is 22.8 Å². The Morgan fingerprint density at radius 2 is 1.97 bits per heavy atom. The van der Waals surface area contributed by atoms with E-state index < -0.39 is 5.91 Å². The van der Waals surface area contributed by atoms with Crippen molar-refractivity contribution in [3.63, 3.8) is 0 Å². The van der Waals surface area contributed by atoms with Gasteiger partial charge in [0.1, 0.15) is 28.6 Å². The molecule has 3 heterocycles. The van der Waals surface area contributed by atoms with E-state index in [1.807, 2.05) is 41.1 Å². The molecule has 1 saturated heterocycles. The van der Waals surface area contributed by atoms with Crippen molar-refractivity contribution in [3.05, 3.63) is 71.8 Å². The molecule has 174 valence electrons. The number of likely N-dealkylation sites (tertiary alicyclic amines) is 1. The average Bonchev–Trinajstić information content (AvgIpc) is 3.21. The number of carbonyl (C=O) groups is 2. The first-order chi connectivity index (χ1) is 16.5. The van der Waals surface area contributed by atoms with Crippen LogP contribution in [0.25, 0.3) is 11.3 Å². The lowest BCUT2D eigenvalue weighted by atomic mass is 9.88. The van der Waals surface area contributed by atoms with E-state index in [0.717, 1.165) is 6.42 Å². The molecule has 0 spiro atoms. The molecule has 34 heavy (non-hydrogen) atoms. The fraction of sp³-hybridized carbons (Fsp3) is 0.240. The topological polar surface area (TPSA) is 102 Å². The predicted octanol–water partition coefficient (Wildman–Crippen LogP) is 4.10. The van der Waals surface area contributed by atoms with Gasteiger partial charge in [0, 0.05) is 31.1 Å². The van der Waals surface area contributed by atoms with E-state index >= 15 is 0 Å². The average molecular weight is 478 g/mol. The molecule has 2 aromatic carbocycles. The van der Waals surface area contributed by atoms with Crippen LogP contribution in [0.1, 0.15) is 22.8 Å². The summed E-state index contributed by atoms with van der Waals surface area (Å²) in [5.74, 6) is 1.37. The Morgan fingerprint density at radius 3 is 2.65 bits per heavy atom. The van der Waals surface area contributed by atoms with Gasteiger partial charge >= 0.3 is 0 Å². The summed E-state index contributed by atoms with van der Waals surface area (Å²) in [7, 11) is 0. The maximum absolute atomic E-state index is 12.5. The van der Waals surface area contributed by atoms with Gasteiger partial charge in [-0.3, -0.25) is 9.59 Å². The number of amides is 2. The Balaban J connectivity index is 1.46. The number of ether oxygens (including phenoxy) is 1. The molecule has 3 aromatic rings. The third-order valence-corrected chi connectivity index (χ3v) is 6.62. The normalized spacial score (nSPS) is 17.3. The molecule has 1 unspecified atom stereocenters. The molecule has 9 heteroatoms. The molecule has 1 aromatic heterocycles. The lowest BCUT2D eigenvalue weighted by Crippen LogP contribution is -2.53. The van der Waals surface area contributed by atoms with Gasteiger partial charge in [0.25, 0.3) is 5.91 Å². The second kappa shape index (κ2) is 8.87. The van der Waals surface area contributed by atoms with Crippen molar-refractivity contribution in [2.45, 2.75) is 12.5 Å². The molecule has 3 N–H and O–H groups in total. The van der Waals surface area contributed by atoms with Gasteiger partial charge in [0.15, 0.2) is 0 Å². The Labute approximate surface area is 201 Å². The molecule has 0 saturated carbocycles. The molecule has 8 nitrogen and oxygen atoms in total. The van der Waals surface area contributed by atoms with E-state index in [1.165, 1.54) is 6.08 Å². The fourth-order valence-corrected chi connectivity index (χ4v) is 4.81. The summed E-state index contributed by atoms with van der Waals surface area (Å²) in [6.45, 7) is 5.50. The highest BCUT2D eigenvalue weighted by molar-refractivity contribution is 6.32. The van der Waals surface area contributed by atoms with E-state index in [-0.39, 0.29) is 17.9 Å². The van der Waals surface area contributed by atoms with Gasteiger partial charge in [-0.2, -0.15) is 5.10 Å². The summed E-state index contributed by atoms with van der Waals surface area (Å²) < 4.78 is 7.72. The van der Waals surface area contributed by atoms with Crippen molar-refractivity contribution in [1.29, 1.82) is 0 Å². The number of rotatable bonds is 6. The fourth-order valence-electron chi connectivity index (χ4n) is 4.59. The van der Waals surface area contributed by atoms with Gasteiger partial charge in [-0.1, -0.05) is 36.4 Å². The van der Waals surface area contributed by atoms with Crippen LogP contribution >= 0.6 is 11.6 Å². The summed E-state index contributed by atoms with van der Waals surface area (Å²) in [5, 5.41) is 8.48. The first kappa shape index (κ1) is 22.0. The summed E-state index contributed by atoms with van der Waals surface area (Å²) in [5.41, 5.74) is 7.25. The monoisotopic (exact) mass is 477 g/mol. The molecule has 5 rings (SSSR count). The Hall–Kier alpha value is -3.78. The molecule has 0 bridgehead atoms. The maximum Gasteiger partial charge on any atom is 0.254 e. The number of aromatic nitrogens is 2. The van der Waals surface area contributed by atoms with E-state index in [0.29, 0.717) is 58.8 Å². The SMILES string of the molecule is C=CC(=O)N1CC(C2CCNc3c(C(N)=O)c(-c4ccc(Oc5ccccc5)c(Cl)c4)nn32)C1. The van der Waals surface area contributed by atoms with Crippen molar-refractivity contribution < 1.29 is 14.3 Å². The minimum Gasteiger partial charge on any atom is -0.456 e. The van der Waals surface area contributed by atoms with Gasteiger partial charge in [-0.15, -0.1) is 0 Å². The second-order valence-corrected chi connectivity index (χ2v) is 8.84. The minimum absolute atomic E-state index is 0.0492. The number of nitrogens with one attached hydrogen (secondary N) is 1. The zero-order valence-corrected chi connectivity index (χ0v) is 19.2. The van der Waals surface area contributed by atoms with Gasteiger partial charge < -0.3 is 20.7 Å². The number of carbonyl (C=O) groups excluding carboxylic acids is 2. The molecule has 0 radical (unpaired) electrons. The number of anilines is 1. The van der Waals surface area contributed by atoms with E-state index in [1.54, 1.807) is 17.0 Å². The van der Waals surface area contributed by atoms with Crippen LogP contribution in [0, 0.1) is 5.92 Å². The zero-order valence-electron chi connectivity index (χ0n) is 18.4. The van der Waals surface area contributed by atoms with Crippen molar-refractivity contribution in [2.24, 2.45) is 11.7 Å². The van der Waals surface area contributed by atoms with Gasteiger partial charge in [0.05, 0.1) is 11.1 Å². The van der Waals surface area contributed by atoms with Gasteiger partial charge in [-0.25, -0.2) is 4.68 Å². The van der Waals surface area contributed by atoms with E-state index in [4.69, 9.17) is 27.2 Å². The Kier molecular flexibility index (Phi) is 5.75. The van der Waals surface area contributed by atoms with E-state index in [9.17, 15) is 9.59 Å². The number of benzene rings is 2. The molecular formula is C25H24ClN5O3. The number of hydrogen-bond acceptors (Lipinski definition) is 5. The Morgan fingerprint density at radius 1 is 1.21 bits per heavy atom. The molecule has 2 aliphatic rings. The molecular weight excluding hydrogens is 454 g/mol. The molecule has 2 aliphatic heterocycles. The van der Waals surface area contributed by atoms with Crippen LogP contribution in [-0.2, 0) is 4.79 Å². The quantitative estimate of drug-likeness (QED) is 0.520. The smallest absolute Gasteiger partial charge is 0.254 e. The van der Waals surface area contributed by atoms with Crippen LogP contribution in [0.15, 0.2) is 61.2 Å². The van der Waals surface area contributed by atoms with Crippen molar-refractivity contribution in [1.82, 2.24) is 14.7 Å². The highest BCUT2D eigenvalue weighted by Gasteiger charge is 2.40. The zero-order chi connectivity index (χ0) is 23.8. The highest BCUT2D eigenvalue weighted by Crippen LogP contribution is 2.41. The van der Waals surface area contributed by atoms with Gasteiger partial charge in [0.2, 0.25) is 5.91 Å². The second-order valence-electron chi connectivity index (χ2n) is 8.43. The number of primary amides is 1. The number of hydrogen-bond donors (Lipinski definition) is 2. The maximum atomic E-state index is 12.5. The highest BCUT2D eigenvalue weighted by atomic mass is 35.5. The largest absolute Gasteiger partial charge is 0.456 e. The number of nitrogens with two attached hydrogens (primary N) is 1. The summed E-state index contributed by atoms with van der Waals surface area (Å²) in [6, 6.07) is 14.7. The lowest BCUT2D eigenvalue weighted by Gasteiger charge is -2.44. The molecule has 1 fully saturated rings. The Bertz CT molecular complexity index is 1270. The first-order valence-electron chi connectivity index (χ1n) is 11.1. The van der Waals surface area contributed by atoms with Gasteiger partial charge in [-0.05, 0) is 42.8 Å². The summed E-state index contributed by atoms with van der Waals surface area (Å²) >= 11 is 6.52. The third kappa shape index (κ3) is 3.90. The van der Waals surface area contributed by atoms with Crippen LogP contribution < -0.4 is 15.8 Å². The van der Waals surface area contributed by atoms with Crippen LogP contribution in [0.5, 0.6) is 11.5 Å². The first-order valence-corrected chi connectivity index (χ1v) is 11.4. The summed E-state index contributed by atoms with van der Waals surface area (Å²) in [4.78, 5) is 26.1. The standard InChI is InChI=1S/C25H24ClN5O3/c1-2-21(32)30-13-16(14-30)19-10-11-28-25-22(24(27)33)23(29-31(19)25)15-8-9-20(18(26)12-15)34-17-6-4-3-5-7-17/h2-9,12,16,19,28H,1,10-11,13-14H2,(H2,27,33). The minimum atomic E-state index is -0.567. The lowest BCUT2D eigenvalue weighted by molar-refractivity contribution is -0.133. The van der Waals surface area contributed by atoms with E-state index in [2.05, 4.69) is 11.9 Å².